The molecule has 6 nitrogen and oxygen atoms in total. The molecule has 0 spiro atoms. The number of aryl methyl sites for hydroxylation is 1. The van der Waals surface area contributed by atoms with Gasteiger partial charge in [-0.25, -0.2) is 9.78 Å². The number of aromatic nitrogens is 2. The molecule has 3 rings (SSSR count). The first-order valence-electron chi connectivity index (χ1n) is 7.45. The monoisotopic (exact) mass is 331 g/mol. The molecule has 0 aliphatic carbocycles. The Kier molecular flexibility index (Phi) is 4.14. The standard InChI is InChI=1S/C19H13N3O3/c1-11-9-14(15(10-20)18(23)21-11)12-5-7-13(8-6-12)16-3-2-4-17(22-16)19(24)25/h2-9H,1H3,(H,21,23)(H,24,25). The number of carboxylic acids is 1. The van der Waals surface area contributed by atoms with Crippen LogP contribution in [0.25, 0.3) is 22.4 Å². The summed E-state index contributed by atoms with van der Waals surface area (Å²) < 4.78 is 0. The van der Waals surface area contributed by atoms with Crippen LogP contribution < -0.4 is 5.56 Å². The minimum absolute atomic E-state index is 0.0291. The fourth-order valence-corrected chi connectivity index (χ4v) is 2.56. The highest BCUT2D eigenvalue weighted by Crippen LogP contribution is 2.25. The Morgan fingerprint density at radius 2 is 1.84 bits per heavy atom. The third kappa shape index (κ3) is 3.16. The summed E-state index contributed by atoms with van der Waals surface area (Å²) in [4.78, 5) is 29.7. The Labute approximate surface area is 143 Å². The number of aromatic amines is 1. The number of carbonyl (C=O) groups is 1. The van der Waals surface area contributed by atoms with E-state index in [1.54, 1.807) is 49.4 Å². The van der Waals surface area contributed by atoms with Crippen molar-refractivity contribution in [2.45, 2.75) is 6.92 Å². The van der Waals surface area contributed by atoms with Crippen LogP contribution in [0.5, 0.6) is 0 Å². The molecule has 0 unspecified atom stereocenters. The molecular formula is C19H13N3O3. The summed E-state index contributed by atoms with van der Waals surface area (Å²) in [6.07, 6.45) is 0. The number of H-pyrrole nitrogens is 1. The van der Waals surface area contributed by atoms with Gasteiger partial charge in [0.15, 0.2) is 0 Å². The minimum atomic E-state index is -1.09. The Morgan fingerprint density at radius 3 is 2.48 bits per heavy atom. The van der Waals surface area contributed by atoms with E-state index in [4.69, 9.17) is 5.11 Å². The Bertz CT molecular complexity index is 1060. The number of hydrogen-bond donors (Lipinski definition) is 2. The van der Waals surface area contributed by atoms with Gasteiger partial charge in [-0.15, -0.1) is 0 Å². The van der Waals surface area contributed by atoms with Gasteiger partial charge in [0.25, 0.3) is 5.56 Å². The van der Waals surface area contributed by atoms with Crippen molar-refractivity contribution in [3.05, 3.63) is 75.8 Å². The number of nitrogens with one attached hydrogen (secondary N) is 1. The molecule has 1 aromatic carbocycles. The summed E-state index contributed by atoms with van der Waals surface area (Å²) in [6, 6.07) is 15.6. The van der Waals surface area contributed by atoms with Crippen LogP contribution in [-0.2, 0) is 0 Å². The van der Waals surface area contributed by atoms with E-state index in [-0.39, 0.29) is 11.3 Å². The second-order valence-electron chi connectivity index (χ2n) is 5.47. The van der Waals surface area contributed by atoms with Crippen molar-refractivity contribution in [2.24, 2.45) is 0 Å². The molecule has 6 heteroatoms. The average Bonchev–Trinajstić information content (AvgIpc) is 2.61. The van der Waals surface area contributed by atoms with E-state index in [0.717, 1.165) is 11.1 Å². The smallest absolute Gasteiger partial charge is 0.354 e. The molecule has 0 amide bonds. The van der Waals surface area contributed by atoms with Crippen LogP contribution in [-0.4, -0.2) is 21.0 Å². The topological polar surface area (TPSA) is 107 Å². The van der Waals surface area contributed by atoms with Gasteiger partial charge in [-0.2, -0.15) is 5.26 Å². The molecule has 0 saturated carbocycles. The van der Waals surface area contributed by atoms with Gasteiger partial charge in [-0.05, 0) is 30.7 Å². The van der Waals surface area contributed by atoms with Crippen molar-refractivity contribution in [3.8, 4) is 28.5 Å². The average molecular weight is 331 g/mol. The van der Waals surface area contributed by atoms with Crippen LogP contribution in [0.2, 0.25) is 0 Å². The third-order valence-electron chi connectivity index (χ3n) is 3.74. The zero-order valence-corrected chi connectivity index (χ0v) is 13.3. The number of pyridine rings is 2. The minimum Gasteiger partial charge on any atom is -0.477 e. The van der Waals surface area contributed by atoms with Crippen molar-refractivity contribution < 1.29 is 9.90 Å². The zero-order valence-electron chi connectivity index (χ0n) is 13.3. The van der Waals surface area contributed by atoms with Crippen LogP contribution in [0.15, 0.2) is 53.3 Å². The molecule has 122 valence electrons. The molecule has 0 radical (unpaired) electrons. The molecule has 0 aliphatic rings. The highest BCUT2D eigenvalue weighted by atomic mass is 16.4. The molecule has 0 saturated heterocycles. The fraction of sp³-hybridized carbons (Fsp3) is 0.0526. The Hall–Kier alpha value is -3.72. The number of benzene rings is 1. The number of carboxylic acid groups (broad SMARTS) is 1. The molecule has 2 aromatic heterocycles. The maximum Gasteiger partial charge on any atom is 0.354 e. The number of nitrogens with zero attached hydrogens (tertiary/aromatic N) is 2. The van der Waals surface area contributed by atoms with Gasteiger partial charge in [0, 0.05) is 16.8 Å². The van der Waals surface area contributed by atoms with Crippen LogP contribution in [0, 0.1) is 18.3 Å². The van der Waals surface area contributed by atoms with E-state index in [2.05, 4.69) is 9.97 Å². The first-order valence-corrected chi connectivity index (χ1v) is 7.45. The first kappa shape index (κ1) is 16.1. The maximum absolute atomic E-state index is 11.9. The zero-order chi connectivity index (χ0) is 18.0. The molecule has 0 aliphatic heterocycles. The van der Waals surface area contributed by atoms with Crippen molar-refractivity contribution in [1.82, 2.24) is 9.97 Å². The predicted octanol–water partition coefficient (Wildman–Crippen LogP) is 2.98. The summed E-state index contributed by atoms with van der Waals surface area (Å²) in [5.74, 6) is -1.09. The normalized spacial score (nSPS) is 10.2. The van der Waals surface area contributed by atoms with Gasteiger partial charge < -0.3 is 10.1 Å². The molecule has 25 heavy (non-hydrogen) atoms. The molecule has 0 bridgehead atoms. The lowest BCUT2D eigenvalue weighted by Gasteiger charge is -2.07. The van der Waals surface area contributed by atoms with E-state index in [0.29, 0.717) is 17.0 Å². The van der Waals surface area contributed by atoms with Crippen LogP contribution in [0.1, 0.15) is 21.7 Å². The lowest BCUT2D eigenvalue weighted by Crippen LogP contribution is -2.12. The van der Waals surface area contributed by atoms with Gasteiger partial charge in [0.2, 0.25) is 0 Å². The van der Waals surface area contributed by atoms with E-state index in [9.17, 15) is 14.9 Å². The summed E-state index contributed by atoms with van der Waals surface area (Å²) >= 11 is 0. The Morgan fingerprint density at radius 1 is 1.16 bits per heavy atom. The van der Waals surface area contributed by atoms with Gasteiger partial charge >= 0.3 is 5.97 Å². The summed E-state index contributed by atoms with van der Waals surface area (Å²) in [5.41, 5.74) is 2.84. The molecule has 2 N–H and O–H groups in total. The molecule has 0 atom stereocenters. The van der Waals surface area contributed by atoms with Crippen molar-refractivity contribution in [3.63, 3.8) is 0 Å². The largest absolute Gasteiger partial charge is 0.477 e. The number of rotatable bonds is 3. The lowest BCUT2D eigenvalue weighted by molar-refractivity contribution is 0.0690. The number of aromatic carboxylic acids is 1. The summed E-state index contributed by atoms with van der Waals surface area (Å²) in [5, 5.41) is 18.3. The quantitative estimate of drug-likeness (QED) is 0.767. The van der Waals surface area contributed by atoms with E-state index >= 15 is 0 Å². The fourth-order valence-electron chi connectivity index (χ4n) is 2.56. The van der Waals surface area contributed by atoms with Gasteiger partial charge in [0.05, 0.1) is 5.69 Å². The van der Waals surface area contributed by atoms with Gasteiger partial charge in [-0.3, -0.25) is 4.79 Å². The second kappa shape index (κ2) is 6.42. The van der Waals surface area contributed by atoms with Crippen LogP contribution in [0.4, 0.5) is 0 Å². The van der Waals surface area contributed by atoms with E-state index < -0.39 is 11.5 Å². The number of nitriles is 1. The highest BCUT2D eigenvalue weighted by Gasteiger charge is 2.11. The predicted molar refractivity (Wildman–Crippen MR) is 92.1 cm³/mol. The van der Waals surface area contributed by atoms with Crippen molar-refractivity contribution in [2.75, 3.05) is 0 Å². The molecule has 0 fully saturated rings. The first-order chi connectivity index (χ1) is 12.0. The molecule has 3 aromatic rings. The van der Waals surface area contributed by atoms with Gasteiger partial charge in [-0.1, -0.05) is 30.3 Å². The SMILES string of the molecule is Cc1cc(-c2ccc(-c3cccc(C(=O)O)n3)cc2)c(C#N)c(=O)[nH]1. The van der Waals surface area contributed by atoms with Gasteiger partial charge in [0.1, 0.15) is 17.3 Å². The Balaban J connectivity index is 2.05. The highest BCUT2D eigenvalue weighted by molar-refractivity contribution is 5.86. The van der Waals surface area contributed by atoms with Crippen molar-refractivity contribution in [1.29, 1.82) is 5.26 Å². The van der Waals surface area contributed by atoms with E-state index in [1.165, 1.54) is 6.07 Å². The van der Waals surface area contributed by atoms with E-state index in [1.807, 2.05) is 6.07 Å². The lowest BCUT2D eigenvalue weighted by atomic mass is 9.99. The third-order valence-corrected chi connectivity index (χ3v) is 3.74. The van der Waals surface area contributed by atoms with Crippen LogP contribution in [0.3, 0.4) is 0 Å². The van der Waals surface area contributed by atoms with Crippen molar-refractivity contribution >= 4 is 5.97 Å². The second-order valence-corrected chi connectivity index (χ2v) is 5.47. The molecular weight excluding hydrogens is 318 g/mol. The van der Waals surface area contributed by atoms with Crippen LogP contribution >= 0.6 is 0 Å². The summed E-state index contributed by atoms with van der Waals surface area (Å²) in [7, 11) is 0. The molecule has 2 heterocycles. The summed E-state index contributed by atoms with van der Waals surface area (Å²) in [6.45, 7) is 1.75. The number of hydrogen-bond acceptors (Lipinski definition) is 4. The maximum atomic E-state index is 11.9.